The maximum atomic E-state index is 12.9. The molecular formula is C20H21N3O3. The van der Waals surface area contributed by atoms with Crippen LogP contribution in [0.4, 0.5) is 0 Å². The summed E-state index contributed by atoms with van der Waals surface area (Å²) in [6, 6.07) is 11.1. The smallest absolute Gasteiger partial charge is 0.254 e. The molecular weight excluding hydrogens is 330 g/mol. The van der Waals surface area contributed by atoms with Crippen molar-refractivity contribution in [2.45, 2.75) is 20.4 Å². The lowest BCUT2D eigenvalue weighted by Crippen LogP contribution is -2.30. The molecule has 1 aromatic carbocycles. The number of furan rings is 1. The first-order valence-corrected chi connectivity index (χ1v) is 8.42. The Kier molecular flexibility index (Phi) is 5.31. The summed E-state index contributed by atoms with van der Waals surface area (Å²) >= 11 is 0. The summed E-state index contributed by atoms with van der Waals surface area (Å²) in [6.45, 7) is 4.85. The van der Waals surface area contributed by atoms with E-state index in [2.05, 4.69) is 9.97 Å². The van der Waals surface area contributed by atoms with Crippen molar-refractivity contribution in [2.24, 2.45) is 0 Å². The number of amides is 1. The Morgan fingerprint density at radius 3 is 2.69 bits per heavy atom. The zero-order valence-corrected chi connectivity index (χ0v) is 15.1. The number of methoxy groups -OCH3 is 1. The maximum absolute atomic E-state index is 12.9. The zero-order chi connectivity index (χ0) is 18.5. The highest BCUT2D eigenvalue weighted by molar-refractivity contribution is 5.95. The second-order valence-electron chi connectivity index (χ2n) is 5.83. The van der Waals surface area contributed by atoms with Gasteiger partial charge in [-0.15, -0.1) is 0 Å². The lowest BCUT2D eigenvalue weighted by atomic mass is 10.1. The fourth-order valence-electron chi connectivity index (χ4n) is 2.74. The topological polar surface area (TPSA) is 68.5 Å². The average Bonchev–Trinajstić information content (AvgIpc) is 3.10. The summed E-state index contributed by atoms with van der Waals surface area (Å²) in [7, 11) is 1.55. The van der Waals surface area contributed by atoms with E-state index >= 15 is 0 Å². The first-order valence-electron chi connectivity index (χ1n) is 8.42. The molecule has 0 fully saturated rings. The van der Waals surface area contributed by atoms with E-state index in [9.17, 15) is 4.79 Å². The van der Waals surface area contributed by atoms with E-state index in [1.54, 1.807) is 30.5 Å². The van der Waals surface area contributed by atoms with Crippen LogP contribution in [0.25, 0.3) is 11.3 Å². The van der Waals surface area contributed by atoms with Crippen molar-refractivity contribution in [3.63, 3.8) is 0 Å². The normalized spacial score (nSPS) is 10.6. The molecule has 0 unspecified atom stereocenters. The van der Waals surface area contributed by atoms with Gasteiger partial charge in [0.25, 0.3) is 5.91 Å². The van der Waals surface area contributed by atoms with Crippen LogP contribution >= 0.6 is 0 Å². The van der Waals surface area contributed by atoms with Crippen molar-refractivity contribution in [2.75, 3.05) is 13.7 Å². The standard InChI is InChI=1S/C20H21N3O3/c1-4-23(13-17-9-8-14(2)26-17)20(24)16-7-5-6-15(12-16)18-19(25-3)22-11-10-21-18/h5-12H,4,13H2,1-3H3. The van der Waals surface area contributed by atoms with Crippen LogP contribution in [-0.4, -0.2) is 34.4 Å². The SMILES string of the molecule is CCN(Cc1ccc(C)o1)C(=O)c1cccc(-c2nccnc2OC)c1. The molecule has 2 aromatic heterocycles. The van der Waals surface area contributed by atoms with E-state index in [1.807, 2.05) is 44.2 Å². The van der Waals surface area contributed by atoms with Gasteiger partial charge in [0.15, 0.2) is 0 Å². The van der Waals surface area contributed by atoms with Gasteiger partial charge in [-0.2, -0.15) is 0 Å². The number of carbonyl (C=O) groups is 1. The second kappa shape index (κ2) is 7.82. The maximum Gasteiger partial charge on any atom is 0.254 e. The largest absolute Gasteiger partial charge is 0.479 e. The Morgan fingerprint density at radius 2 is 2.00 bits per heavy atom. The highest BCUT2D eigenvalue weighted by Crippen LogP contribution is 2.26. The molecule has 0 aliphatic rings. The Hall–Kier alpha value is -3.15. The Balaban J connectivity index is 1.87. The number of aryl methyl sites for hydroxylation is 1. The van der Waals surface area contributed by atoms with Crippen LogP contribution in [0.2, 0.25) is 0 Å². The lowest BCUT2D eigenvalue weighted by molar-refractivity contribution is 0.0741. The van der Waals surface area contributed by atoms with Gasteiger partial charge in [0.05, 0.1) is 13.7 Å². The Morgan fingerprint density at radius 1 is 1.19 bits per heavy atom. The van der Waals surface area contributed by atoms with Crippen LogP contribution < -0.4 is 4.74 Å². The number of carbonyl (C=O) groups excluding carboxylic acids is 1. The van der Waals surface area contributed by atoms with E-state index < -0.39 is 0 Å². The molecule has 0 saturated carbocycles. The molecule has 134 valence electrons. The van der Waals surface area contributed by atoms with Crippen LogP contribution in [0.1, 0.15) is 28.8 Å². The molecule has 0 atom stereocenters. The van der Waals surface area contributed by atoms with Crippen LogP contribution in [0, 0.1) is 6.92 Å². The minimum atomic E-state index is -0.0636. The van der Waals surface area contributed by atoms with Gasteiger partial charge < -0.3 is 14.1 Å². The number of hydrogen-bond acceptors (Lipinski definition) is 5. The van der Waals surface area contributed by atoms with Crippen molar-refractivity contribution < 1.29 is 13.9 Å². The Bertz CT molecular complexity index is 905. The van der Waals surface area contributed by atoms with E-state index in [4.69, 9.17) is 9.15 Å². The molecule has 0 radical (unpaired) electrons. The second-order valence-corrected chi connectivity index (χ2v) is 5.83. The number of benzene rings is 1. The van der Waals surface area contributed by atoms with E-state index in [0.29, 0.717) is 30.2 Å². The first-order chi connectivity index (χ1) is 12.6. The van der Waals surface area contributed by atoms with Crippen LogP contribution in [-0.2, 0) is 6.54 Å². The fourth-order valence-corrected chi connectivity index (χ4v) is 2.74. The van der Waals surface area contributed by atoms with Crippen LogP contribution in [0.3, 0.4) is 0 Å². The summed E-state index contributed by atoms with van der Waals surface area (Å²) in [5.41, 5.74) is 1.97. The monoisotopic (exact) mass is 351 g/mol. The van der Waals surface area contributed by atoms with Crippen molar-refractivity contribution in [3.8, 4) is 17.1 Å². The van der Waals surface area contributed by atoms with Gasteiger partial charge in [-0.3, -0.25) is 4.79 Å². The fraction of sp³-hybridized carbons (Fsp3) is 0.250. The number of ether oxygens (including phenoxy) is 1. The average molecular weight is 351 g/mol. The summed E-state index contributed by atoms with van der Waals surface area (Å²) in [5, 5.41) is 0. The van der Waals surface area contributed by atoms with Gasteiger partial charge in [-0.1, -0.05) is 12.1 Å². The minimum Gasteiger partial charge on any atom is -0.479 e. The molecule has 0 saturated heterocycles. The van der Waals surface area contributed by atoms with Crippen molar-refractivity contribution >= 4 is 5.91 Å². The lowest BCUT2D eigenvalue weighted by Gasteiger charge is -2.20. The zero-order valence-electron chi connectivity index (χ0n) is 15.1. The third-order valence-electron chi connectivity index (χ3n) is 4.05. The molecule has 3 rings (SSSR count). The van der Waals surface area contributed by atoms with Crippen molar-refractivity contribution in [1.82, 2.24) is 14.9 Å². The predicted molar refractivity (Wildman–Crippen MR) is 97.9 cm³/mol. The molecule has 0 spiro atoms. The van der Waals surface area contributed by atoms with E-state index in [0.717, 1.165) is 17.1 Å². The highest BCUT2D eigenvalue weighted by atomic mass is 16.5. The third-order valence-corrected chi connectivity index (χ3v) is 4.05. The molecule has 26 heavy (non-hydrogen) atoms. The van der Waals surface area contributed by atoms with Crippen LogP contribution in [0.5, 0.6) is 5.88 Å². The molecule has 0 N–H and O–H groups in total. The Labute approximate surface area is 152 Å². The number of rotatable bonds is 6. The van der Waals surface area contributed by atoms with Gasteiger partial charge in [0.1, 0.15) is 17.2 Å². The number of nitrogens with zero attached hydrogens (tertiary/aromatic N) is 3. The molecule has 6 heteroatoms. The molecule has 2 heterocycles. The first kappa shape index (κ1) is 17.7. The van der Waals surface area contributed by atoms with Gasteiger partial charge in [-0.05, 0) is 38.1 Å². The van der Waals surface area contributed by atoms with Crippen LogP contribution in [0.15, 0.2) is 53.2 Å². The third kappa shape index (κ3) is 3.74. The van der Waals surface area contributed by atoms with Gasteiger partial charge >= 0.3 is 0 Å². The predicted octanol–water partition coefficient (Wildman–Crippen LogP) is 3.72. The number of aromatic nitrogens is 2. The molecule has 0 bridgehead atoms. The summed E-state index contributed by atoms with van der Waals surface area (Å²) in [4.78, 5) is 23.2. The van der Waals surface area contributed by atoms with Gasteiger partial charge in [0, 0.05) is 30.1 Å². The molecule has 0 aliphatic heterocycles. The van der Waals surface area contributed by atoms with Crippen molar-refractivity contribution in [3.05, 3.63) is 65.9 Å². The minimum absolute atomic E-state index is 0.0636. The molecule has 0 aliphatic carbocycles. The summed E-state index contributed by atoms with van der Waals surface area (Å²) < 4.78 is 10.9. The summed E-state index contributed by atoms with van der Waals surface area (Å²) in [5.74, 6) is 1.96. The van der Waals surface area contributed by atoms with E-state index in [1.165, 1.54) is 0 Å². The van der Waals surface area contributed by atoms with Crippen molar-refractivity contribution in [1.29, 1.82) is 0 Å². The molecule has 3 aromatic rings. The number of hydrogen-bond donors (Lipinski definition) is 0. The highest BCUT2D eigenvalue weighted by Gasteiger charge is 2.18. The molecule has 1 amide bonds. The van der Waals surface area contributed by atoms with Gasteiger partial charge in [0.2, 0.25) is 5.88 Å². The molecule has 6 nitrogen and oxygen atoms in total. The quantitative estimate of drug-likeness (QED) is 0.677. The van der Waals surface area contributed by atoms with Gasteiger partial charge in [-0.25, -0.2) is 9.97 Å². The summed E-state index contributed by atoms with van der Waals surface area (Å²) in [6.07, 6.45) is 3.17. The van der Waals surface area contributed by atoms with E-state index in [-0.39, 0.29) is 5.91 Å².